The third-order valence-electron chi connectivity index (χ3n) is 5.81. The van der Waals surface area contributed by atoms with Gasteiger partial charge in [-0.25, -0.2) is 0 Å². The van der Waals surface area contributed by atoms with E-state index in [2.05, 4.69) is 5.32 Å². The number of carboxylic acids is 1. The maximum Gasteiger partial charge on any atom is 0.324 e. The molecule has 0 radical (unpaired) electrons. The van der Waals surface area contributed by atoms with Gasteiger partial charge in [0.25, 0.3) is 0 Å². The van der Waals surface area contributed by atoms with E-state index in [1.165, 1.54) is 11.8 Å². The van der Waals surface area contributed by atoms with Crippen LogP contribution in [0.3, 0.4) is 0 Å². The molecule has 3 heterocycles. The van der Waals surface area contributed by atoms with Crippen LogP contribution in [0.4, 0.5) is 0 Å². The lowest BCUT2D eigenvalue weighted by Crippen LogP contribution is -2.53. The summed E-state index contributed by atoms with van der Waals surface area (Å²) in [5.41, 5.74) is -0.864. The molecule has 4 atom stereocenters. The summed E-state index contributed by atoms with van der Waals surface area (Å²) in [4.78, 5) is 39.2. The number of rotatable bonds is 5. The summed E-state index contributed by atoms with van der Waals surface area (Å²) in [6.45, 7) is 3.78. The van der Waals surface area contributed by atoms with Gasteiger partial charge in [0.2, 0.25) is 11.8 Å². The monoisotopic (exact) mass is 370 g/mol. The first kappa shape index (κ1) is 17.7. The van der Waals surface area contributed by atoms with Crippen molar-refractivity contribution in [3.63, 3.8) is 0 Å². The zero-order valence-corrected chi connectivity index (χ0v) is 15.3. The Morgan fingerprint density at radius 3 is 2.70 bits per heavy atom. The normalized spacial score (nSPS) is 30.3. The molecule has 7 heteroatoms. The van der Waals surface area contributed by atoms with Crippen molar-refractivity contribution >= 4 is 28.8 Å². The number of aliphatic carboxylic acids is 1. The maximum absolute atomic E-state index is 13.0. The molecule has 2 amide bonds. The Morgan fingerprint density at radius 1 is 1.30 bits per heavy atom. The minimum Gasteiger partial charge on any atom is -0.480 e. The van der Waals surface area contributed by atoms with Crippen LogP contribution in [0.2, 0.25) is 0 Å². The molecule has 27 heavy (non-hydrogen) atoms. The van der Waals surface area contributed by atoms with Gasteiger partial charge in [0.1, 0.15) is 16.9 Å². The van der Waals surface area contributed by atoms with Crippen molar-refractivity contribution in [3.8, 4) is 0 Å². The van der Waals surface area contributed by atoms with E-state index in [0.717, 1.165) is 11.8 Å². The van der Waals surface area contributed by atoms with Gasteiger partial charge in [-0.3, -0.25) is 24.6 Å². The van der Waals surface area contributed by atoms with Crippen LogP contribution in [0.25, 0.3) is 11.0 Å². The highest BCUT2D eigenvalue weighted by molar-refractivity contribution is 6.09. The molecule has 4 rings (SSSR count). The van der Waals surface area contributed by atoms with E-state index in [1.54, 1.807) is 0 Å². The smallest absolute Gasteiger partial charge is 0.324 e. The Hall–Kier alpha value is -2.67. The molecule has 2 aliphatic rings. The SMILES string of the molecule is CCCCN1C(=O)C2C(c3cc4ccccc4o3)NC(C)(C(=O)O)C2C1=O. The maximum atomic E-state index is 13.0. The summed E-state index contributed by atoms with van der Waals surface area (Å²) in [7, 11) is 0. The van der Waals surface area contributed by atoms with Gasteiger partial charge in [0.15, 0.2) is 0 Å². The van der Waals surface area contributed by atoms with Gasteiger partial charge < -0.3 is 9.52 Å². The number of para-hydroxylation sites is 1. The highest BCUT2D eigenvalue weighted by atomic mass is 16.4. The van der Waals surface area contributed by atoms with Crippen molar-refractivity contribution in [1.82, 2.24) is 10.2 Å². The fourth-order valence-corrected chi connectivity index (χ4v) is 4.33. The van der Waals surface area contributed by atoms with Crippen LogP contribution in [-0.4, -0.2) is 39.9 Å². The number of imide groups is 1. The fourth-order valence-electron chi connectivity index (χ4n) is 4.33. The third-order valence-corrected chi connectivity index (χ3v) is 5.81. The van der Waals surface area contributed by atoms with Crippen LogP contribution in [0.15, 0.2) is 34.7 Å². The van der Waals surface area contributed by atoms with Crippen LogP contribution in [-0.2, 0) is 14.4 Å². The van der Waals surface area contributed by atoms with E-state index in [4.69, 9.17) is 4.42 Å². The molecule has 2 fully saturated rings. The van der Waals surface area contributed by atoms with Crippen molar-refractivity contribution in [2.75, 3.05) is 6.54 Å². The van der Waals surface area contributed by atoms with Crippen LogP contribution < -0.4 is 5.32 Å². The summed E-state index contributed by atoms with van der Waals surface area (Å²) >= 11 is 0. The number of carbonyl (C=O) groups excluding carboxylic acids is 2. The molecule has 2 aromatic rings. The number of carbonyl (C=O) groups is 3. The molecule has 4 unspecified atom stereocenters. The van der Waals surface area contributed by atoms with E-state index in [1.807, 2.05) is 37.3 Å². The number of carboxylic acid groups (broad SMARTS) is 1. The van der Waals surface area contributed by atoms with Crippen LogP contribution in [0, 0.1) is 11.8 Å². The molecule has 0 saturated carbocycles. The number of amides is 2. The Kier molecular flexibility index (Phi) is 4.07. The van der Waals surface area contributed by atoms with Crippen molar-refractivity contribution in [1.29, 1.82) is 0 Å². The standard InChI is InChI=1S/C20H22N2O5/c1-3-4-9-22-17(23)14-15(18(22)24)20(2,19(25)26)21-16(14)13-10-11-7-5-6-8-12(11)27-13/h5-8,10,14-16,21H,3-4,9H2,1-2H3,(H,25,26). The number of unbranched alkanes of at least 4 members (excludes halogenated alkanes) is 1. The molecule has 2 saturated heterocycles. The number of likely N-dealkylation sites (tertiary alicyclic amines) is 1. The Balaban J connectivity index is 1.78. The minimum absolute atomic E-state index is 0.318. The summed E-state index contributed by atoms with van der Waals surface area (Å²) in [5, 5.41) is 13.7. The molecule has 2 N–H and O–H groups in total. The quantitative estimate of drug-likeness (QED) is 0.784. The number of fused-ring (bicyclic) bond motifs is 2. The molecule has 1 aromatic carbocycles. The molecular formula is C20H22N2O5. The molecule has 0 aliphatic carbocycles. The lowest BCUT2D eigenvalue weighted by atomic mass is 9.81. The number of hydrogen-bond donors (Lipinski definition) is 2. The largest absolute Gasteiger partial charge is 0.480 e. The molecule has 142 valence electrons. The Labute approximate surface area is 156 Å². The van der Waals surface area contributed by atoms with Crippen LogP contribution in [0.1, 0.15) is 38.5 Å². The average Bonchev–Trinajstić information content (AvgIpc) is 3.27. The van der Waals surface area contributed by atoms with Crippen LogP contribution in [0.5, 0.6) is 0 Å². The summed E-state index contributed by atoms with van der Waals surface area (Å²) in [6, 6.07) is 8.58. The van der Waals surface area contributed by atoms with Gasteiger partial charge in [0.05, 0.1) is 17.9 Å². The first-order valence-electron chi connectivity index (χ1n) is 9.23. The zero-order chi connectivity index (χ0) is 19.3. The van der Waals surface area contributed by atoms with Crippen molar-refractivity contribution in [2.24, 2.45) is 11.8 Å². The minimum atomic E-state index is -1.53. The second-order valence-electron chi connectivity index (χ2n) is 7.50. The first-order chi connectivity index (χ1) is 12.9. The predicted molar refractivity (Wildman–Crippen MR) is 96.7 cm³/mol. The summed E-state index contributed by atoms with van der Waals surface area (Å²) < 4.78 is 5.90. The van der Waals surface area contributed by atoms with Gasteiger partial charge in [0, 0.05) is 11.9 Å². The molecule has 2 aliphatic heterocycles. The van der Waals surface area contributed by atoms with Crippen molar-refractivity contribution < 1.29 is 23.9 Å². The first-order valence-corrected chi connectivity index (χ1v) is 9.23. The highest BCUT2D eigenvalue weighted by Gasteiger charge is 2.67. The number of nitrogens with one attached hydrogen (secondary N) is 1. The van der Waals surface area contributed by atoms with Crippen molar-refractivity contribution in [3.05, 3.63) is 36.1 Å². The topological polar surface area (TPSA) is 99.8 Å². The number of nitrogens with zero attached hydrogens (tertiary/aromatic N) is 1. The third kappa shape index (κ3) is 2.49. The van der Waals surface area contributed by atoms with E-state index in [-0.39, 0.29) is 5.91 Å². The molecule has 1 aromatic heterocycles. The predicted octanol–water partition coefficient (Wildman–Crippen LogP) is 2.32. The van der Waals surface area contributed by atoms with E-state index in [9.17, 15) is 19.5 Å². The molecule has 7 nitrogen and oxygen atoms in total. The second-order valence-corrected chi connectivity index (χ2v) is 7.50. The van der Waals surface area contributed by atoms with Crippen LogP contribution >= 0.6 is 0 Å². The molecule has 0 bridgehead atoms. The van der Waals surface area contributed by atoms with Gasteiger partial charge >= 0.3 is 5.97 Å². The van der Waals surface area contributed by atoms with Crippen molar-refractivity contribution in [2.45, 2.75) is 38.3 Å². The summed E-state index contributed by atoms with van der Waals surface area (Å²) in [5.74, 6) is -3.12. The fraction of sp³-hybridized carbons (Fsp3) is 0.450. The lowest BCUT2D eigenvalue weighted by molar-refractivity contribution is -0.150. The summed E-state index contributed by atoms with van der Waals surface area (Å²) in [6.07, 6.45) is 1.54. The molecule has 0 spiro atoms. The molecular weight excluding hydrogens is 348 g/mol. The van der Waals surface area contributed by atoms with Gasteiger partial charge in [-0.05, 0) is 25.5 Å². The van der Waals surface area contributed by atoms with E-state index >= 15 is 0 Å². The zero-order valence-electron chi connectivity index (χ0n) is 15.3. The van der Waals surface area contributed by atoms with Gasteiger partial charge in [-0.15, -0.1) is 0 Å². The average molecular weight is 370 g/mol. The number of furan rings is 1. The Bertz CT molecular complexity index is 902. The highest BCUT2D eigenvalue weighted by Crippen LogP contribution is 2.49. The lowest BCUT2D eigenvalue weighted by Gasteiger charge is -2.26. The van der Waals surface area contributed by atoms with Gasteiger partial charge in [-0.1, -0.05) is 31.5 Å². The van der Waals surface area contributed by atoms with E-state index < -0.39 is 35.3 Å². The number of hydrogen-bond acceptors (Lipinski definition) is 5. The Morgan fingerprint density at radius 2 is 2.04 bits per heavy atom. The number of benzene rings is 1. The van der Waals surface area contributed by atoms with Gasteiger partial charge in [-0.2, -0.15) is 0 Å². The second kappa shape index (κ2) is 6.20. The van der Waals surface area contributed by atoms with E-state index in [0.29, 0.717) is 24.3 Å².